The lowest BCUT2D eigenvalue weighted by Gasteiger charge is -2.34. The minimum atomic E-state index is -3.06. The van der Waals surface area contributed by atoms with Crippen LogP contribution in [0.3, 0.4) is 0 Å². The number of rotatable bonds is 2. The predicted octanol–water partition coefficient (Wildman–Crippen LogP) is 6.28. The highest BCUT2D eigenvalue weighted by molar-refractivity contribution is 5.29. The van der Waals surface area contributed by atoms with Crippen LogP contribution in [0.4, 0.5) is 13.2 Å². The van der Waals surface area contributed by atoms with Crippen molar-refractivity contribution >= 4 is 0 Å². The van der Waals surface area contributed by atoms with Crippen LogP contribution >= 0.6 is 0 Å². The SMILES string of the molecule is CC1=C(F)CC(c2ccc(C3CCC(C)C(F)(F)O3)cc2)CC1. The molecule has 0 spiro atoms. The van der Waals surface area contributed by atoms with Crippen LogP contribution in [0.25, 0.3) is 0 Å². The molecule has 3 atom stereocenters. The van der Waals surface area contributed by atoms with E-state index in [0.717, 1.165) is 29.5 Å². The number of ether oxygens (including phenoxy) is 1. The fourth-order valence-corrected chi connectivity index (χ4v) is 3.46. The van der Waals surface area contributed by atoms with Gasteiger partial charge in [-0.25, -0.2) is 4.39 Å². The first-order chi connectivity index (χ1) is 10.9. The Kier molecular flexibility index (Phi) is 4.54. The number of halogens is 3. The molecule has 0 amide bonds. The van der Waals surface area contributed by atoms with Crippen molar-refractivity contribution in [1.82, 2.24) is 0 Å². The second-order valence-electron chi connectivity index (χ2n) is 6.94. The molecule has 1 aliphatic carbocycles. The van der Waals surface area contributed by atoms with Gasteiger partial charge in [0.1, 0.15) is 0 Å². The van der Waals surface area contributed by atoms with Gasteiger partial charge in [-0.2, -0.15) is 8.78 Å². The van der Waals surface area contributed by atoms with Crippen LogP contribution in [0.15, 0.2) is 35.7 Å². The summed E-state index contributed by atoms with van der Waals surface area (Å²) >= 11 is 0. The van der Waals surface area contributed by atoms with Crippen molar-refractivity contribution < 1.29 is 17.9 Å². The zero-order valence-electron chi connectivity index (χ0n) is 13.6. The van der Waals surface area contributed by atoms with Crippen LogP contribution in [0.2, 0.25) is 0 Å². The van der Waals surface area contributed by atoms with Gasteiger partial charge in [-0.05, 0) is 55.2 Å². The van der Waals surface area contributed by atoms with Crippen molar-refractivity contribution in [3.8, 4) is 0 Å². The topological polar surface area (TPSA) is 9.23 Å². The first-order valence-electron chi connectivity index (χ1n) is 8.36. The van der Waals surface area contributed by atoms with Gasteiger partial charge >= 0.3 is 6.11 Å². The Labute approximate surface area is 135 Å². The van der Waals surface area contributed by atoms with E-state index in [-0.39, 0.29) is 11.7 Å². The Morgan fingerprint density at radius 2 is 1.70 bits per heavy atom. The standard InChI is InChI=1S/C19H23F3O/c1-12-3-5-16(11-17(12)20)14-6-8-15(9-7-14)18-10-4-13(2)19(21,22)23-18/h6-9,13,16,18H,3-5,10-11H2,1-2H3. The lowest BCUT2D eigenvalue weighted by Crippen LogP contribution is -2.36. The summed E-state index contributed by atoms with van der Waals surface area (Å²) < 4.78 is 46.2. The fraction of sp³-hybridized carbons (Fsp3) is 0.579. The molecule has 3 rings (SSSR count). The molecule has 1 aliphatic heterocycles. The molecule has 1 aromatic rings. The number of benzene rings is 1. The average molecular weight is 324 g/mol. The third kappa shape index (κ3) is 3.47. The molecule has 1 heterocycles. The zero-order chi connectivity index (χ0) is 16.6. The molecule has 1 saturated heterocycles. The van der Waals surface area contributed by atoms with Gasteiger partial charge in [0.2, 0.25) is 0 Å². The highest BCUT2D eigenvalue weighted by Gasteiger charge is 2.44. The molecule has 0 saturated carbocycles. The van der Waals surface area contributed by atoms with Gasteiger partial charge in [0.05, 0.1) is 11.9 Å². The molecule has 126 valence electrons. The Balaban J connectivity index is 1.71. The molecule has 4 heteroatoms. The zero-order valence-corrected chi connectivity index (χ0v) is 13.6. The first kappa shape index (κ1) is 16.6. The van der Waals surface area contributed by atoms with E-state index in [1.165, 1.54) is 6.92 Å². The molecule has 1 nitrogen and oxygen atoms in total. The van der Waals surface area contributed by atoms with E-state index < -0.39 is 18.1 Å². The van der Waals surface area contributed by atoms with E-state index in [2.05, 4.69) is 0 Å². The summed E-state index contributed by atoms with van der Waals surface area (Å²) in [5, 5.41) is 0. The van der Waals surface area contributed by atoms with Gasteiger partial charge in [0, 0.05) is 12.3 Å². The lowest BCUT2D eigenvalue weighted by atomic mass is 9.83. The number of alkyl halides is 2. The second-order valence-corrected chi connectivity index (χ2v) is 6.94. The first-order valence-corrected chi connectivity index (χ1v) is 8.36. The number of hydrogen-bond acceptors (Lipinski definition) is 1. The van der Waals surface area contributed by atoms with Crippen molar-refractivity contribution in [2.24, 2.45) is 5.92 Å². The van der Waals surface area contributed by atoms with Crippen molar-refractivity contribution in [2.45, 2.75) is 64.1 Å². The Morgan fingerprint density at radius 3 is 2.30 bits per heavy atom. The van der Waals surface area contributed by atoms with E-state index in [1.54, 1.807) is 0 Å². The van der Waals surface area contributed by atoms with Gasteiger partial charge in [-0.1, -0.05) is 31.2 Å². The Morgan fingerprint density at radius 1 is 1.04 bits per heavy atom. The summed E-state index contributed by atoms with van der Waals surface area (Å²) in [6.07, 6.45) is -0.382. The van der Waals surface area contributed by atoms with Crippen molar-refractivity contribution in [3.63, 3.8) is 0 Å². The third-order valence-electron chi connectivity index (χ3n) is 5.27. The molecular formula is C19H23F3O. The van der Waals surface area contributed by atoms with E-state index in [4.69, 9.17) is 4.74 Å². The van der Waals surface area contributed by atoms with Crippen LogP contribution < -0.4 is 0 Å². The largest absolute Gasteiger partial charge is 0.358 e. The van der Waals surface area contributed by atoms with E-state index in [0.29, 0.717) is 19.3 Å². The number of hydrogen-bond donors (Lipinski definition) is 0. The van der Waals surface area contributed by atoms with Gasteiger partial charge in [-0.3, -0.25) is 0 Å². The smallest absolute Gasteiger partial charge is 0.312 e. The van der Waals surface area contributed by atoms with Crippen molar-refractivity contribution in [1.29, 1.82) is 0 Å². The molecule has 23 heavy (non-hydrogen) atoms. The minimum absolute atomic E-state index is 0.00503. The van der Waals surface area contributed by atoms with Crippen molar-refractivity contribution in [3.05, 3.63) is 46.8 Å². The molecule has 1 fully saturated rings. The van der Waals surface area contributed by atoms with E-state index in [9.17, 15) is 13.2 Å². The summed E-state index contributed by atoms with van der Waals surface area (Å²) in [6, 6.07) is 7.59. The van der Waals surface area contributed by atoms with Crippen LogP contribution in [0, 0.1) is 5.92 Å². The molecule has 0 radical (unpaired) electrons. The molecule has 0 N–H and O–H groups in total. The summed E-state index contributed by atoms with van der Waals surface area (Å²) in [4.78, 5) is 0. The Bertz CT molecular complexity index is 591. The van der Waals surface area contributed by atoms with Crippen LogP contribution in [0.1, 0.15) is 69.1 Å². The second kappa shape index (κ2) is 6.31. The third-order valence-corrected chi connectivity index (χ3v) is 5.27. The molecule has 3 unspecified atom stereocenters. The molecule has 0 bridgehead atoms. The Hall–Kier alpha value is -1.29. The summed E-state index contributed by atoms with van der Waals surface area (Å²) in [7, 11) is 0. The summed E-state index contributed by atoms with van der Waals surface area (Å²) in [5.74, 6) is -0.561. The maximum absolute atomic E-state index is 13.8. The summed E-state index contributed by atoms with van der Waals surface area (Å²) in [6.45, 7) is 3.36. The maximum Gasteiger partial charge on any atom is 0.358 e. The quantitative estimate of drug-likeness (QED) is 0.622. The van der Waals surface area contributed by atoms with Gasteiger partial charge in [-0.15, -0.1) is 0 Å². The van der Waals surface area contributed by atoms with E-state index in [1.807, 2.05) is 31.2 Å². The van der Waals surface area contributed by atoms with E-state index >= 15 is 0 Å². The van der Waals surface area contributed by atoms with Gasteiger partial charge in [0.25, 0.3) is 0 Å². The molecule has 1 aromatic carbocycles. The highest BCUT2D eigenvalue weighted by atomic mass is 19.3. The monoisotopic (exact) mass is 324 g/mol. The van der Waals surface area contributed by atoms with Gasteiger partial charge < -0.3 is 4.74 Å². The van der Waals surface area contributed by atoms with Crippen LogP contribution in [-0.4, -0.2) is 6.11 Å². The number of allylic oxidation sites excluding steroid dienone is 2. The maximum atomic E-state index is 13.8. The predicted molar refractivity (Wildman–Crippen MR) is 84.0 cm³/mol. The fourth-order valence-electron chi connectivity index (χ4n) is 3.46. The molecular weight excluding hydrogens is 301 g/mol. The normalized spacial score (nSPS) is 31.3. The average Bonchev–Trinajstić information content (AvgIpc) is 2.53. The lowest BCUT2D eigenvalue weighted by molar-refractivity contribution is -0.313. The molecule has 2 aliphatic rings. The highest BCUT2D eigenvalue weighted by Crippen LogP contribution is 2.43. The van der Waals surface area contributed by atoms with Gasteiger partial charge in [0.15, 0.2) is 0 Å². The minimum Gasteiger partial charge on any atom is -0.312 e. The van der Waals surface area contributed by atoms with Crippen LogP contribution in [-0.2, 0) is 4.74 Å². The summed E-state index contributed by atoms with van der Waals surface area (Å²) in [5.41, 5.74) is 2.71. The molecule has 0 aromatic heterocycles. The van der Waals surface area contributed by atoms with Crippen LogP contribution in [0.5, 0.6) is 0 Å². The van der Waals surface area contributed by atoms with Crippen molar-refractivity contribution in [2.75, 3.05) is 0 Å².